The summed E-state index contributed by atoms with van der Waals surface area (Å²) in [6, 6.07) is -0.820. The van der Waals surface area contributed by atoms with Crippen molar-refractivity contribution in [3.8, 4) is 0 Å². The first-order valence-corrected chi connectivity index (χ1v) is 35.6. The highest BCUT2D eigenvalue weighted by molar-refractivity contribution is 5.76. The van der Waals surface area contributed by atoms with Gasteiger partial charge in [-0.15, -0.1) is 0 Å². The van der Waals surface area contributed by atoms with Crippen LogP contribution in [0.25, 0.3) is 0 Å². The smallest absolute Gasteiger partial charge is 0.220 e. The van der Waals surface area contributed by atoms with E-state index >= 15 is 0 Å². The molecule has 7 atom stereocenters. The lowest BCUT2D eigenvalue weighted by Crippen LogP contribution is -2.60. The lowest BCUT2D eigenvalue weighted by atomic mass is 9.99. The van der Waals surface area contributed by atoms with Crippen LogP contribution in [-0.2, 0) is 14.3 Å². The van der Waals surface area contributed by atoms with Gasteiger partial charge < -0.3 is 40.3 Å². The molecule has 0 aromatic heterocycles. The second-order valence-corrected chi connectivity index (χ2v) is 25.0. The second kappa shape index (κ2) is 60.8. The summed E-state index contributed by atoms with van der Waals surface area (Å²) in [7, 11) is 0. The molecule has 0 aromatic rings. The molecule has 1 aliphatic heterocycles. The normalized spacial score (nSPS) is 18.5. The highest BCUT2D eigenvalue weighted by atomic mass is 16.7. The predicted molar refractivity (Wildman–Crippen MR) is 341 cm³/mol. The molecule has 1 aliphatic rings. The molecule has 7 unspecified atom stereocenters. The Bertz CT molecular complexity index is 1310. The molecule has 9 heteroatoms. The third-order valence-electron chi connectivity index (χ3n) is 17.3. The average molecular weight is 1130 g/mol. The summed E-state index contributed by atoms with van der Waals surface area (Å²) in [6.45, 7) is 3.83. The Kier molecular flexibility index (Phi) is 58.3. The van der Waals surface area contributed by atoms with E-state index in [1.165, 1.54) is 308 Å². The highest BCUT2D eigenvalue weighted by Gasteiger charge is 2.44. The minimum Gasteiger partial charge on any atom is -0.394 e. The molecule has 1 saturated heterocycles. The van der Waals surface area contributed by atoms with Crippen molar-refractivity contribution < 1.29 is 39.8 Å². The summed E-state index contributed by atoms with van der Waals surface area (Å²) >= 11 is 0. The van der Waals surface area contributed by atoms with Gasteiger partial charge in [0.1, 0.15) is 24.4 Å². The second-order valence-electron chi connectivity index (χ2n) is 25.0. The molecule has 1 amide bonds. The Labute approximate surface area is 496 Å². The molecular weight excluding hydrogens is 995 g/mol. The molecule has 1 heterocycles. The van der Waals surface area contributed by atoms with Crippen LogP contribution in [0.4, 0.5) is 0 Å². The lowest BCUT2D eigenvalue weighted by molar-refractivity contribution is -0.302. The van der Waals surface area contributed by atoms with Crippen LogP contribution in [0, 0.1) is 0 Å². The standard InChI is InChI=1S/C71H137NO8/c1-3-5-7-9-11-13-15-17-19-21-23-25-27-29-30-31-32-33-34-35-36-37-38-40-42-44-46-48-50-52-54-56-58-60-65(74)64(63-79-71-70(78)69(77)68(76)66(62-73)80-71)72-67(75)61-59-57-55-53-51-49-47-45-43-41-39-28-26-24-22-20-18-16-14-12-10-8-6-4-2/h50,52,58,60,64-66,68-71,73-74,76-78H,3-49,51,53-57,59,61-63H2,1-2H3,(H,72,75)/b52-50+,60-58+. The molecule has 1 fully saturated rings. The number of nitrogens with one attached hydrogen (secondary N) is 1. The number of ether oxygens (including phenoxy) is 2. The minimum absolute atomic E-state index is 0.178. The van der Waals surface area contributed by atoms with Crippen LogP contribution in [-0.4, -0.2) is 87.5 Å². The zero-order chi connectivity index (χ0) is 57.9. The van der Waals surface area contributed by atoms with Gasteiger partial charge in [-0.05, 0) is 32.1 Å². The SMILES string of the molecule is CCCCCCCCCCCCCCCCCCCCCCCCCCCCC/C=C/CC/C=C/C(O)C(COC1OC(CO)C(O)C(O)C1O)NC(=O)CCCCCCCCCCCCCCCCCCCCCCCCCC. The maximum atomic E-state index is 13.1. The topological polar surface area (TPSA) is 149 Å². The van der Waals surface area contributed by atoms with Gasteiger partial charge in [0.2, 0.25) is 5.91 Å². The fourth-order valence-electron chi connectivity index (χ4n) is 11.7. The van der Waals surface area contributed by atoms with E-state index in [1.807, 2.05) is 6.08 Å². The number of aliphatic hydroxyl groups is 5. The van der Waals surface area contributed by atoms with E-state index in [0.29, 0.717) is 6.42 Å². The van der Waals surface area contributed by atoms with Gasteiger partial charge in [-0.3, -0.25) is 4.79 Å². The van der Waals surface area contributed by atoms with E-state index in [1.54, 1.807) is 6.08 Å². The molecule has 6 N–H and O–H groups in total. The molecule has 0 saturated carbocycles. The van der Waals surface area contributed by atoms with Crippen LogP contribution in [0.1, 0.15) is 367 Å². The fourth-order valence-corrected chi connectivity index (χ4v) is 11.7. The van der Waals surface area contributed by atoms with E-state index in [0.717, 1.165) is 38.5 Å². The Hall–Kier alpha value is -1.33. The largest absolute Gasteiger partial charge is 0.394 e. The quantitative estimate of drug-likeness (QED) is 0.0261. The van der Waals surface area contributed by atoms with Crippen LogP contribution in [0.3, 0.4) is 0 Å². The minimum atomic E-state index is -1.57. The fraction of sp³-hybridized carbons (Fsp3) is 0.930. The molecule has 0 aliphatic carbocycles. The number of carbonyl (C=O) groups is 1. The van der Waals surface area contributed by atoms with Gasteiger partial charge in [0.25, 0.3) is 0 Å². The van der Waals surface area contributed by atoms with E-state index < -0.39 is 49.5 Å². The first-order valence-electron chi connectivity index (χ1n) is 35.6. The van der Waals surface area contributed by atoms with Gasteiger partial charge >= 0.3 is 0 Å². The van der Waals surface area contributed by atoms with Crippen molar-refractivity contribution >= 4 is 5.91 Å². The Morgan fingerprint density at radius 1 is 0.412 bits per heavy atom. The summed E-state index contributed by atoms with van der Waals surface area (Å²) in [4.78, 5) is 13.1. The summed E-state index contributed by atoms with van der Waals surface area (Å²) in [5.41, 5.74) is 0. The number of unbranched alkanes of at least 4 members (excludes halogenated alkanes) is 51. The monoisotopic (exact) mass is 1130 g/mol. The van der Waals surface area contributed by atoms with Crippen molar-refractivity contribution in [3.63, 3.8) is 0 Å². The van der Waals surface area contributed by atoms with Gasteiger partial charge in [0.15, 0.2) is 6.29 Å². The van der Waals surface area contributed by atoms with E-state index in [9.17, 15) is 30.3 Å². The first-order chi connectivity index (χ1) is 39.3. The number of allylic oxidation sites excluding steroid dienone is 3. The van der Waals surface area contributed by atoms with Crippen molar-refractivity contribution in [3.05, 3.63) is 24.3 Å². The number of hydrogen-bond acceptors (Lipinski definition) is 8. The summed E-state index contributed by atoms with van der Waals surface area (Å²) < 4.78 is 11.3. The summed E-state index contributed by atoms with van der Waals surface area (Å²) in [5, 5.41) is 54.7. The van der Waals surface area contributed by atoms with Gasteiger partial charge in [0, 0.05) is 6.42 Å². The number of hydrogen-bond donors (Lipinski definition) is 6. The number of carbonyl (C=O) groups excluding carboxylic acids is 1. The molecule has 0 aromatic carbocycles. The van der Waals surface area contributed by atoms with Crippen molar-refractivity contribution in [2.75, 3.05) is 13.2 Å². The molecule has 9 nitrogen and oxygen atoms in total. The summed E-state index contributed by atoms with van der Waals surface area (Å²) in [6.07, 6.45) is 73.0. The zero-order valence-electron chi connectivity index (χ0n) is 53.1. The van der Waals surface area contributed by atoms with Crippen LogP contribution >= 0.6 is 0 Å². The zero-order valence-corrected chi connectivity index (χ0v) is 53.1. The van der Waals surface area contributed by atoms with Crippen molar-refractivity contribution in [1.82, 2.24) is 5.32 Å². The third kappa shape index (κ3) is 49.0. The lowest BCUT2D eigenvalue weighted by Gasteiger charge is -2.40. The van der Waals surface area contributed by atoms with Crippen molar-refractivity contribution in [1.29, 1.82) is 0 Å². The molecule has 1 rings (SSSR count). The van der Waals surface area contributed by atoms with E-state index in [2.05, 4.69) is 31.3 Å². The van der Waals surface area contributed by atoms with Crippen LogP contribution in [0.15, 0.2) is 24.3 Å². The molecule has 474 valence electrons. The number of aliphatic hydroxyl groups excluding tert-OH is 5. The Morgan fingerprint density at radius 3 is 1.05 bits per heavy atom. The molecule has 0 spiro atoms. The number of amides is 1. The Morgan fingerprint density at radius 2 is 0.713 bits per heavy atom. The maximum Gasteiger partial charge on any atom is 0.220 e. The molecule has 80 heavy (non-hydrogen) atoms. The molecule has 0 bridgehead atoms. The van der Waals surface area contributed by atoms with Crippen molar-refractivity contribution in [2.45, 2.75) is 410 Å². The van der Waals surface area contributed by atoms with Gasteiger partial charge in [-0.1, -0.05) is 353 Å². The van der Waals surface area contributed by atoms with Gasteiger partial charge in [0.05, 0.1) is 25.4 Å². The highest BCUT2D eigenvalue weighted by Crippen LogP contribution is 2.24. The van der Waals surface area contributed by atoms with E-state index in [4.69, 9.17) is 9.47 Å². The van der Waals surface area contributed by atoms with Gasteiger partial charge in [-0.25, -0.2) is 0 Å². The number of rotatable bonds is 63. The average Bonchev–Trinajstić information content (AvgIpc) is 3.46. The van der Waals surface area contributed by atoms with Crippen LogP contribution < -0.4 is 5.32 Å². The maximum absolute atomic E-state index is 13.1. The van der Waals surface area contributed by atoms with Crippen molar-refractivity contribution in [2.24, 2.45) is 0 Å². The molecular formula is C71H137NO8. The van der Waals surface area contributed by atoms with E-state index in [-0.39, 0.29) is 12.5 Å². The molecule has 0 radical (unpaired) electrons. The Balaban J connectivity index is 2.13. The predicted octanol–water partition coefficient (Wildman–Crippen LogP) is 19.3. The summed E-state index contributed by atoms with van der Waals surface area (Å²) in [5.74, 6) is -0.178. The first kappa shape index (κ1) is 76.7. The van der Waals surface area contributed by atoms with Gasteiger partial charge in [-0.2, -0.15) is 0 Å². The van der Waals surface area contributed by atoms with Crippen LogP contribution in [0.5, 0.6) is 0 Å². The third-order valence-corrected chi connectivity index (χ3v) is 17.3. The van der Waals surface area contributed by atoms with Crippen LogP contribution in [0.2, 0.25) is 0 Å².